The molecule has 0 amide bonds. The van der Waals surface area contributed by atoms with Gasteiger partial charge < -0.3 is 9.47 Å². The van der Waals surface area contributed by atoms with Crippen LogP contribution in [0.15, 0.2) is 40.8 Å². The Kier molecular flexibility index (Phi) is 4.12. The predicted octanol–water partition coefficient (Wildman–Crippen LogP) is 2.36. The summed E-state index contributed by atoms with van der Waals surface area (Å²) in [5, 5.41) is 2.32. The maximum Gasteiger partial charge on any atom is 0.262 e. The first-order valence-electron chi connectivity index (χ1n) is 6.82. The normalized spacial score (nSPS) is 10.7. The number of thiophene rings is 1. The molecule has 3 rings (SSSR count). The van der Waals surface area contributed by atoms with Gasteiger partial charge in [0.1, 0.15) is 16.3 Å². The molecule has 0 aliphatic heterocycles. The summed E-state index contributed by atoms with van der Waals surface area (Å²) >= 11 is 1.39. The highest BCUT2D eigenvalue weighted by Gasteiger charge is 2.16. The molecule has 0 radical (unpaired) electrons. The third-order valence-corrected chi connectivity index (χ3v) is 4.29. The van der Waals surface area contributed by atoms with Gasteiger partial charge in [-0.15, -0.1) is 11.3 Å². The Bertz CT molecular complexity index is 929. The molecule has 0 fully saturated rings. The summed E-state index contributed by atoms with van der Waals surface area (Å²) < 4.78 is 11.7. The zero-order valence-electron chi connectivity index (χ0n) is 12.6. The zero-order valence-corrected chi connectivity index (χ0v) is 13.4. The van der Waals surface area contributed by atoms with E-state index in [1.165, 1.54) is 36.5 Å². The first-order chi connectivity index (χ1) is 11.1. The molecule has 0 unspecified atom stereocenters. The van der Waals surface area contributed by atoms with Crippen LogP contribution in [0, 0.1) is 0 Å². The fraction of sp³-hybridized carbons (Fsp3) is 0.188. The average molecular weight is 330 g/mol. The lowest BCUT2D eigenvalue weighted by Gasteiger charge is -2.10. The van der Waals surface area contributed by atoms with Crippen molar-refractivity contribution in [3.63, 3.8) is 0 Å². The lowest BCUT2D eigenvalue weighted by atomic mass is 10.1. The van der Waals surface area contributed by atoms with Gasteiger partial charge in [0.15, 0.2) is 5.78 Å². The van der Waals surface area contributed by atoms with E-state index in [2.05, 4.69) is 4.98 Å². The number of rotatable bonds is 5. The third kappa shape index (κ3) is 2.83. The van der Waals surface area contributed by atoms with Crippen LogP contribution >= 0.6 is 11.3 Å². The molecule has 7 heteroatoms. The van der Waals surface area contributed by atoms with Crippen LogP contribution < -0.4 is 15.0 Å². The maximum absolute atomic E-state index is 12.6. The smallest absolute Gasteiger partial charge is 0.262 e. The molecule has 6 nitrogen and oxygen atoms in total. The summed E-state index contributed by atoms with van der Waals surface area (Å²) in [5.41, 5.74) is 0.135. The number of benzene rings is 1. The molecular weight excluding hydrogens is 316 g/mol. The monoisotopic (exact) mass is 330 g/mol. The molecule has 0 aliphatic rings. The molecular formula is C16H14N2O4S. The van der Waals surface area contributed by atoms with Crippen molar-refractivity contribution in [3.8, 4) is 11.5 Å². The van der Waals surface area contributed by atoms with Crippen LogP contribution in [0.3, 0.4) is 0 Å². The number of fused-ring (bicyclic) bond motifs is 1. The molecule has 2 aromatic heterocycles. The van der Waals surface area contributed by atoms with Gasteiger partial charge in [0, 0.05) is 0 Å². The van der Waals surface area contributed by atoms with E-state index in [0.717, 1.165) is 0 Å². The van der Waals surface area contributed by atoms with Crippen LogP contribution in [-0.2, 0) is 6.54 Å². The van der Waals surface area contributed by atoms with E-state index in [9.17, 15) is 9.59 Å². The highest BCUT2D eigenvalue weighted by Crippen LogP contribution is 2.24. The standard InChI is InChI=1S/C16H14N2O4S/c1-21-10-3-4-14(22-2)12(7-10)13(19)8-18-9-17-15-11(16(18)20)5-6-23-15/h3-7,9H,8H2,1-2H3. The van der Waals surface area contributed by atoms with E-state index >= 15 is 0 Å². The van der Waals surface area contributed by atoms with Crippen molar-refractivity contribution in [2.75, 3.05) is 14.2 Å². The van der Waals surface area contributed by atoms with Crippen molar-refractivity contribution in [1.29, 1.82) is 0 Å². The van der Waals surface area contributed by atoms with Crippen molar-refractivity contribution in [2.24, 2.45) is 0 Å². The molecule has 0 saturated carbocycles. The van der Waals surface area contributed by atoms with Crippen molar-refractivity contribution < 1.29 is 14.3 Å². The summed E-state index contributed by atoms with van der Waals surface area (Å²) in [6.45, 7) is -0.110. The fourth-order valence-electron chi connectivity index (χ4n) is 2.28. The van der Waals surface area contributed by atoms with Crippen LogP contribution in [0.2, 0.25) is 0 Å². The SMILES string of the molecule is COc1ccc(OC)c(C(=O)Cn2cnc3sccc3c2=O)c1. The Hall–Kier alpha value is -2.67. The van der Waals surface area contributed by atoms with Crippen molar-refractivity contribution in [2.45, 2.75) is 6.54 Å². The number of ether oxygens (including phenoxy) is 2. The second-order valence-electron chi connectivity index (χ2n) is 4.81. The van der Waals surface area contributed by atoms with Gasteiger partial charge in [0.2, 0.25) is 0 Å². The minimum Gasteiger partial charge on any atom is -0.497 e. The number of carbonyl (C=O) groups excluding carboxylic acids is 1. The van der Waals surface area contributed by atoms with Crippen LogP contribution in [0.1, 0.15) is 10.4 Å². The first kappa shape index (κ1) is 15.2. The lowest BCUT2D eigenvalue weighted by Crippen LogP contribution is -2.24. The number of hydrogen-bond acceptors (Lipinski definition) is 6. The second-order valence-corrected chi connectivity index (χ2v) is 5.70. The van der Waals surface area contributed by atoms with Crippen molar-refractivity contribution >= 4 is 27.3 Å². The minimum absolute atomic E-state index is 0.110. The first-order valence-corrected chi connectivity index (χ1v) is 7.70. The summed E-state index contributed by atoms with van der Waals surface area (Å²) in [4.78, 5) is 29.8. The quantitative estimate of drug-likeness (QED) is 0.672. The Morgan fingerprint density at radius 2 is 2.09 bits per heavy atom. The average Bonchev–Trinajstić information content (AvgIpc) is 3.06. The molecule has 2 heterocycles. The fourth-order valence-corrected chi connectivity index (χ4v) is 3.00. The van der Waals surface area contributed by atoms with Gasteiger partial charge in [0.25, 0.3) is 5.56 Å². The number of carbonyl (C=O) groups is 1. The number of ketones is 1. The Balaban J connectivity index is 1.97. The van der Waals surface area contributed by atoms with E-state index in [-0.39, 0.29) is 17.9 Å². The summed E-state index contributed by atoms with van der Waals surface area (Å²) in [6, 6.07) is 6.68. The molecule has 23 heavy (non-hydrogen) atoms. The summed E-state index contributed by atoms with van der Waals surface area (Å²) in [7, 11) is 3.01. The molecule has 0 aliphatic carbocycles. The minimum atomic E-state index is -0.251. The molecule has 118 valence electrons. The Morgan fingerprint density at radius 1 is 1.26 bits per heavy atom. The molecule has 0 saturated heterocycles. The molecule has 0 spiro atoms. The van der Waals surface area contributed by atoms with Gasteiger partial charge in [-0.05, 0) is 29.6 Å². The molecule has 0 atom stereocenters. The zero-order chi connectivity index (χ0) is 16.4. The van der Waals surface area contributed by atoms with Gasteiger partial charge in [-0.1, -0.05) is 0 Å². The van der Waals surface area contributed by atoms with Gasteiger partial charge in [-0.3, -0.25) is 14.2 Å². The highest BCUT2D eigenvalue weighted by molar-refractivity contribution is 7.16. The van der Waals surface area contributed by atoms with Crippen LogP contribution in [0.5, 0.6) is 11.5 Å². The Labute approximate surface area is 135 Å². The van der Waals surface area contributed by atoms with E-state index in [1.807, 2.05) is 0 Å². The van der Waals surface area contributed by atoms with Crippen LogP contribution in [-0.4, -0.2) is 29.6 Å². The number of aromatic nitrogens is 2. The van der Waals surface area contributed by atoms with E-state index in [4.69, 9.17) is 9.47 Å². The van der Waals surface area contributed by atoms with Gasteiger partial charge in [0.05, 0.1) is 38.0 Å². The highest BCUT2D eigenvalue weighted by atomic mass is 32.1. The molecule has 0 N–H and O–H groups in total. The summed E-state index contributed by atoms with van der Waals surface area (Å²) in [5.74, 6) is 0.737. The molecule has 3 aromatic rings. The largest absolute Gasteiger partial charge is 0.497 e. The van der Waals surface area contributed by atoms with E-state index < -0.39 is 0 Å². The summed E-state index contributed by atoms with van der Waals surface area (Å²) in [6.07, 6.45) is 1.39. The van der Waals surface area contributed by atoms with Gasteiger partial charge in [-0.25, -0.2) is 4.98 Å². The van der Waals surface area contributed by atoms with E-state index in [1.54, 1.807) is 29.6 Å². The third-order valence-electron chi connectivity index (χ3n) is 3.47. The van der Waals surface area contributed by atoms with E-state index in [0.29, 0.717) is 27.3 Å². The number of methoxy groups -OCH3 is 2. The van der Waals surface area contributed by atoms with Gasteiger partial charge >= 0.3 is 0 Å². The van der Waals surface area contributed by atoms with Crippen LogP contribution in [0.25, 0.3) is 10.2 Å². The lowest BCUT2D eigenvalue weighted by molar-refractivity contribution is 0.0967. The number of hydrogen-bond donors (Lipinski definition) is 0. The molecule has 1 aromatic carbocycles. The topological polar surface area (TPSA) is 70.4 Å². The van der Waals surface area contributed by atoms with Crippen molar-refractivity contribution in [3.05, 3.63) is 51.9 Å². The second kappa shape index (κ2) is 6.21. The van der Waals surface area contributed by atoms with Gasteiger partial charge in [-0.2, -0.15) is 0 Å². The molecule has 0 bridgehead atoms. The van der Waals surface area contributed by atoms with Crippen molar-refractivity contribution in [1.82, 2.24) is 9.55 Å². The maximum atomic E-state index is 12.6. The predicted molar refractivity (Wildman–Crippen MR) is 87.8 cm³/mol. The van der Waals surface area contributed by atoms with Crippen LogP contribution in [0.4, 0.5) is 0 Å². The number of Topliss-reactive ketones (excluding diaryl/α,β-unsaturated/α-hetero) is 1. The Morgan fingerprint density at radius 3 is 2.83 bits per heavy atom. The number of nitrogens with zero attached hydrogens (tertiary/aromatic N) is 2.